The van der Waals surface area contributed by atoms with Crippen molar-refractivity contribution in [2.45, 2.75) is 25.5 Å². The summed E-state index contributed by atoms with van der Waals surface area (Å²) in [4.78, 5) is 2.25. The first-order valence-corrected chi connectivity index (χ1v) is 5.91. The molecule has 0 amide bonds. The maximum Gasteiger partial charge on any atom is 0.165 e. The number of rotatable bonds is 3. The summed E-state index contributed by atoms with van der Waals surface area (Å²) in [5.74, 6) is -0.843. The van der Waals surface area contributed by atoms with E-state index in [0.717, 1.165) is 31.5 Å². The Morgan fingerprint density at radius 2 is 2.35 bits per heavy atom. The number of phenols is 1. The van der Waals surface area contributed by atoms with Crippen LogP contribution in [0.25, 0.3) is 0 Å². The van der Waals surface area contributed by atoms with Crippen LogP contribution in [0.1, 0.15) is 18.4 Å². The van der Waals surface area contributed by atoms with E-state index in [1.54, 1.807) is 13.2 Å². The van der Waals surface area contributed by atoms with E-state index in [2.05, 4.69) is 4.90 Å². The second-order valence-electron chi connectivity index (χ2n) is 4.52. The summed E-state index contributed by atoms with van der Waals surface area (Å²) in [5, 5.41) is 9.12. The zero-order chi connectivity index (χ0) is 12.3. The Labute approximate surface area is 101 Å². The van der Waals surface area contributed by atoms with Crippen LogP contribution in [-0.2, 0) is 11.3 Å². The van der Waals surface area contributed by atoms with Crippen molar-refractivity contribution in [1.29, 1.82) is 0 Å². The molecule has 1 heterocycles. The van der Waals surface area contributed by atoms with Gasteiger partial charge in [-0.2, -0.15) is 0 Å². The van der Waals surface area contributed by atoms with Gasteiger partial charge in [0.25, 0.3) is 0 Å². The van der Waals surface area contributed by atoms with Gasteiger partial charge in [0.15, 0.2) is 11.6 Å². The number of ether oxygens (including phenoxy) is 1. The molecule has 3 nitrogen and oxygen atoms in total. The molecule has 0 bridgehead atoms. The fourth-order valence-electron chi connectivity index (χ4n) is 2.26. The minimum Gasteiger partial charge on any atom is -0.505 e. The van der Waals surface area contributed by atoms with E-state index >= 15 is 0 Å². The minimum absolute atomic E-state index is 0.283. The molecule has 1 aliphatic heterocycles. The second kappa shape index (κ2) is 5.47. The third-order valence-electron chi connectivity index (χ3n) is 3.21. The van der Waals surface area contributed by atoms with Gasteiger partial charge in [0.2, 0.25) is 0 Å². The summed E-state index contributed by atoms with van der Waals surface area (Å²) < 4.78 is 18.5. The quantitative estimate of drug-likeness (QED) is 0.877. The zero-order valence-electron chi connectivity index (χ0n) is 10.0. The van der Waals surface area contributed by atoms with E-state index in [1.807, 2.05) is 0 Å². The molecule has 1 aromatic carbocycles. The van der Waals surface area contributed by atoms with Crippen LogP contribution in [0.15, 0.2) is 18.2 Å². The highest BCUT2D eigenvalue weighted by Gasteiger charge is 2.19. The first-order valence-electron chi connectivity index (χ1n) is 5.91. The van der Waals surface area contributed by atoms with Crippen LogP contribution in [0.3, 0.4) is 0 Å². The number of halogens is 1. The molecule has 0 radical (unpaired) electrons. The van der Waals surface area contributed by atoms with Crippen molar-refractivity contribution in [2.75, 3.05) is 20.2 Å². The number of phenolic OH excluding ortho intramolecular Hbond substituents is 1. The summed E-state index contributed by atoms with van der Waals surface area (Å²) in [7, 11) is 1.73. The first-order chi connectivity index (χ1) is 8.19. The van der Waals surface area contributed by atoms with Gasteiger partial charge in [-0.05, 0) is 37.1 Å². The number of hydrogen-bond acceptors (Lipinski definition) is 3. The van der Waals surface area contributed by atoms with Crippen molar-refractivity contribution >= 4 is 0 Å². The molecule has 94 valence electrons. The third kappa shape index (κ3) is 3.17. The largest absolute Gasteiger partial charge is 0.505 e. The standard InChI is InChI=1S/C13H18FNO2/c1-17-11-3-2-6-15(9-11)8-10-4-5-13(16)12(14)7-10/h4-5,7,11,16H,2-3,6,8-9H2,1H3. The minimum atomic E-state index is -0.553. The monoisotopic (exact) mass is 239 g/mol. The SMILES string of the molecule is COC1CCCN(Cc2ccc(O)c(F)c2)C1. The predicted molar refractivity (Wildman–Crippen MR) is 63.4 cm³/mol. The molecule has 1 aromatic rings. The average molecular weight is 239 g/mol. The van der Waals surface area contributed by atoms with Crippen LogP contribution >= 0.6 is 0 Å². The van der Waals surface area contributed by atoms with Gasteiger partial charge in [-0.3, -0.25) is 4.90 Å². The van der Waals surface area contributed by atoms with E-state index in [9.17, 15) is 4.39 Å². The van der Waals surface area contributed by atoms with E-state index in [4.69, 9.17) is 9.84 Å². The Bertz CT molecular complexity index is 384. The lowest BCUT2D eigenvalue weighted by atomic mass is 10.1. The molecule has 1 aliphatic rings. The van der Waals surface area contributed by atoms with Gasteiger partial charge >= 0.3 is 0 Å². The van der Waals surface area contributed by atoms with Gasteiger partial charge in [-0.25, -0.2) is 4.39 Å². The number of methoxy groups -OCH3 is 1. The fraction of sp³-hybridized carbons (Fsp3) is 0.538. The van der Waals surface area contributed by atoms with E-state index < -0.39 is 5.82 Å². The molecule has 0 aliphatic carbocycles. The van der Waals surface area contributed by atoms with Gasteiger partial charge in [-0.1, -0.05) is 6.07 Å². The maximum atomic E-state index is 13.2. The van der Waals surface area contributed by atoms with E-state index in [0.29, 0.717) is 6.54 Å². The molecule has 2 rings (SSSR count). The van der Waals surface area contributed by atoms with Crippen LogP contribution in [0, 0.1) is 5.82 Å². The van der Waals surface area contributed by atoms with Crippen LogP contribution in [0.4, 0.5) is 4.39 Å². The maximum absolute atomic E-state index is 13.2. The highest BCUT2D eigenvalue weighted by Crippen LogP contribution is 2.19. The lowest BCUT2D eigenvalue weighted by molar-refractivity contribution is 0.0285. The molecule has 1 fully saturated rings. The highest BCUT2D eigenvalue weighted by molar-refractivity contribution is 5.27. The summed E-state index contributed by atoms with van der Waals surface area (Å²) >= 11 is 0. The molecule has 1 atom stereocenters. The molecule has 0 spiro atoms. The molecule has 1 saturated heterocycles. The predicted octanol–water partition coefficient (Wildman–Crippen LogP) is 2.14. The van der Waals surface area contributed by atoms with Gasteiger partial charge in [0.05, 0.1) is 6.10 Å². The van der Waals surface area contributed by atoms with Crippen molar-refractivity contribution in [3.05, 3.63) is 29.6 Å². The van der Waals surface area contributed by atoms with Crippen molar-refractivity contribution in [2.24, 2.45) is 0 Å². The van der Waals surface area contributed by atoms with Crippen molar-refractivity contribution < 1.29 is 14.2 Å². The van der Waals surface area contributed by atoms with E-state index in [1.165, 1.54) is 12.1 Å². The Morgan fingerprint density at radius 1 is 1.53 bits per heavy atom. The Morgan fingerprint density at radius 3 is 3.06 bits per heavy atom. The van der Waals surface area contributed by atoms with Crippen LogP contribution in [-0.4, -0.2) is 36.3 Å². The summed E-state index contributed by atoms with van der Waals surface area (Å²) in [6, 6.07) is 4.56. The topological polar surface area (TPSA) is 32.7 Å². The van der Waals surface area contributed by atoms with Gasteiger partial charge in [0, 0.05) is 20.2 Å². The smallest absolute Gasteiger partial charge is 0.165 e. The second-order valence-corrected chi connectivity index (χ2v) is 4.52. The zero-order valence-corrected chi connectivity index (χ0v) is 10.0. The van der Waals surface area contributed by atoms with Crippen LogP contribution in [0.5, 0.6) is 5.75 Å². The van der Waals surface area contributed by atoms with Crippen molar-refractivity contribution in [3.8, 4) is 5.75 Å². The molecular weight excluding hydrogens is 221 g/mol. The van der Waals surface area contributed by atoms with Crippen molar-refractivity contribution in [1.82, 2.24) is 4.90 Å². The summed E-state index contributed by atoms with van der Waals surface area (Å²) in [6.07, 6.45) is 2.49. The Balaban J connectivity index is 1.97. The molecular formula is C13H18FNO2. The Kier molecular flexibility index (Phi) is 3.97. The number of aromatic hydroxyl groups is 1. The molecule has 17 heavy (non-hydrogen) atoms. The van der Waals surface area contributed by atoms with Crippen molar-refractivity contribution in [3.63, 3.8) is 0 Å². The normalized spacial score (nSPS) is 21.6. The van der Waals surface area contributed by atoms with Crippen LogP contribution < -0.4 is 0 Å². The van der Waals surface area contributed by atoms with Gasteiger partial charge in [0.1, 0.15) is 0 Å². The molecule has 1 N–H and O–H groups in total. The number of benzene rings is 1. The molecule has 0 saturated carbocycles. The third-order valence-corrected chi connectivity index (χ3v) is 3.21. The first kappa shape index (κ1) is 12.3. The number of piperidine rings is 1. The average Bonchev–Trinajstić information content (AvgIpc) is 2.34. The fourth-order valence-corrected chi connectivity index (χ4v) is 2.26. The lowest BCUT2D eigenvalue weighted by Crippen LogP contribution is -2.38. The summed E-state index contributed by atoms with van der Waals surface area (Å²) in [5.41, 5.74) is 0.886. The highest BCUT2D eigenvalue weighted by atomic mass is 19.1. The number of likely N-dealkylation sites (tertiary alicyclic amines) is 1. The molecule has 1 unspecified atom stereocenters. The van der Waals surface area contributed by atoms with Crippen LogP contribution in [0.2, 0.25) is 0 Å². The lowest BCUT2D eigenvalue weighted by Gasteiger charge is -2.31. The number of hydrogen-bond donors (Lipinski definition) is 1. The summed E-state index contributed by atoms with van der Waals surface area (Å²) in [6.45, 7) is 2.61. The van der Waals surface area contributed by atoms with Gasteiger partial charge < -0.3 is 9.84 Å². The molecule has 0 aromatic heterocycles. The Hall–Kier alpha value is -1.13. The van der Waals surface area contributed by atoms with Gasteiger partial charge in [-0.15, -0.1) is 0 Å². The molecule has 4 heteroatoms. The van der Waals surface area contributed by atoms with E-state index in [-0.39, 0.29) is 11.9 Å². The number of nitrogens with zero attached hydrogens (tertiary/aromatic N) is 1.